The van der Waals surface area contributed by atoms with Crippen LogP contribution in [0.1, 0.15) is 186 Å². The summed E-state index contributed by atoms with van der Waals surface area (Å²) in [4.78, 5) is 31.8. The first-order chi connectivity index (χ1) is 22.3. The lowest BCUT2D eigenvalue weighted by Crippen LogP contribution is -2.53. The Morgan fingerprint density at radius 2 is 1.40 bits per heavy atom. The maximum atomic E-state index is 13.8. The molecule has 0 aliphatic heterocycles. The van der Waals surface area contributed by atoms with Crippen molar-refractivity contribution in [3.05, 3.63) is 48.5 Å². The maximum Gasteiger partial charge on any atom is 0.312 e. The topological polar surface area (TPSA) is 90.7 Å². The monoisotopic (exact) mass is 729 g/mol. The highest BCUT2D eigenvalue weighted by Crippen LogP contribution is 2.57. The van der Waals surface area contributed by atoms with Crippen LogP contribution in [0, 0.1) is 29.1 Å². The Morgan fingerprint density at radius 1 is 0.846 bits per heavy atom. The highest BCUT2D eigenvalue weighted by atomic mass is 16.6. The minimum Gasteiger partial charge on any atom is -0.508 e. The van der Waals surface area contributed by atoms with Gasteiger partial charge in [-0.2, -0.15) is 0 Å². The van der Waals surface area contributed by atoms with Gasteiger partial charge in [0.05, 0.1) is 17.7 Å². The number of phenols is 1. The van der Waals surface area contributed by atoms with Gasteiger partial charge in [-0.3, -0.25) is 9.59 Å². The lowest BCUT2D eigenvalue weighted by atomic mass is 9.54. The molecule has 6 rings (SSSR count). The quantitative estimate of drug-likeness (QED) is 0.173. The first kappa shape index (κ1) is 49.2. The van der Waals surface area contributed by atoms with Crippen molar-refractivity contribution in [1.29, 1.82) is 0 Å². The van der Waals surface area contributed by atoms with Gasteiger partial charge >= 0.3 is 11.9 Å². The zero-order chi connectivity index (χ0) is 33.8. The number of ether oxygens (including phenoxy) is 2. The second kappa shape index (κ2) is 20.6. The van der Waals surface area contributed by atoms with Crippen LogP contribution in [0.4, 0.5) is 0 Å². The van der Waals surface area contributed by atoms with E-state index in [2.05, 4.69) is 30.3 Å². The molecule has 300 valence electrons. The Hall–Kier alpha value is -2.83. The number of esters is 2. The molecule has 1 aromatic heterocycles. The van der Waals surface area contributed by atoms with Gasteiger partial charge in [-0.1, -0.05) is 63.1 Å². The molecule has 52 heavy (non-hydrogen) atoms. The van der Waals surface area contributed by atoms with Crippen molar-refractivity contribution < 1.29 is 24.2 Å². The van der Waals surface area contributed by atoms with E-state index >= 15 is 0 Å². The molecule has 4 atom stereocenters. The van der Waals surface area contributed by atoms with Gasteiger partial charge in [0.2, 0.25) is 0 Å². The molecule has 7 nitrogen and oxygen atoms in total. The highest BCUT2D eigenvalue weighted by Gasteiger charge is 2.53. The third kappa shape index (κ3) is 12.4. The van der Waals surface area contributed by atoms with E-state index in [4.69, 9.17) is 9.47 Å². The van der Waals surface area contributed by atoms with Crippen molar-refractivity contribution in [1.82, 2.24) is 9.55 Å². The molecule has 4 saturated carbocycles. The molecule has 4 aliphatic rings. The molecule has 7 heteroatoms. The summed E-state index contributed by atoms with van der Waals surface area (Å²) in [5.41, 5.74) is -0.339. The molecule has 4 aliphatic carbocycles. The van der Waals surface area contributed by atoms with Crippen LogP contribution < -0.4 is 0 Å². The van der Waals surface area contributed by atoms with Gasteiger partial charge < -0.3 is 19.1 Å². The fourth-order valence-corrected chi connectivity index (χ4v) is 9.33. The number of aromatic nitrogens is 2. The molecule has 1 heterocycles. The largest absolute Gasteiger partial charge is 0.508 e. The normalized spacial score (nSPS) is 24.2. The number of imidazole rings is 1. The van der Waals surface area contributed by atoms with Crippen LogP contribution >= 0.6 is 0 Å². The Kier molecular flexibility index (Phi) is 19.5. The molecule has 4 bridgehead atoms. The Labute approximate surface area is 320 Å². The molecule has 0 spiro atoms. The average molecular weight is 729 g/mol. The van der Waals surface area contributed by atoms with Gasteiger partial charge in [-0.15, -0.1) is 0 Å². The predicted molar refractivity (Wildman–Crippen MR) is 218 cm³/mol. The third-order valence-electron chi connectivity index (χ3n) is 11.7. The maximum absolute atomic E-state index is 13.8. The molecule has 1 N–H and O–H groups in total. The second-order valence-electron chi connectivity index (χ2n) is 16.7. The van der Waals surface area contributed by atoms with Gasteiger partial charge in [-0.25, -0.2) is 4.98 Å². The summed E-state index contributed by atoms with van der Waals surface area (Å²) in [5.74, 6) is 2.28. The lowest BCUT2D eigenvalue weighted by molar-refractivity contribution is -0.191. The summed E-state index contributed by atoms with van der Waals surface area (Å²) in [6, 6.07) is 7.73. The molecule has 0 saturated heterocycles. The summed E-state index contributed by atoms with van der Waals surface area (Å²) in [6.07, 6.45) is 19.1. The molecule has 2 aromatic rings. The summed E-state index contributed by atoms with van der Waals surface area (Å²) in [6.45, 7) is 12.1. The number of rotatable bonds is 16. The zero-order valence-corrected chi connectivity index (χ0v) is 29.9. The molecule has 0 radical (unpaired) electrons. The smallest absolute Gasteiger partial charge is 0.312 e. The van der Waals surface area contributed by atoms with Crippen LogP contribution in [0.2, 0.25) is 0 Å². The van der Waals surface area contributed by atoms with Crippen molar-refractivity contribution in [3.63, 3.8) is 0 Å². The van der Waals surface area contributed by atoms with Crippen LogP contribution in [0.25, 0.3) is 0 Å². The number of carbonyl (C=O) groups excluding carboxylic acids is 2. The molecule has 1 aromatic carbocycles. The van der Waals surface area contributed by atoms with E-state index in [-0.39, 0.29) is 78.3 Å². The number of hydrogen-bond acceptors (Lipinski definition) is 6. The number of carbonyl (C=O) groups is 2. The number of aromatic hydroxyl groups is 1. The Morgan fingerprint density at radius 3 is 1.88 bits per heavy atom. The van der Waals surface area contributed by atoms with Crippen LogP contribution in [-0.2, 0) is 19.1 Å². The fourth-order valence-electron chi connectivity index (χ4n) is 9.33. The van der Waals surface area contributed by atoms with Crippen molar-refractivity contribution >= 4 is 11.9 Å². The van der Waals surface area contributed by atoms with Gasteiger partial charge in [0, 0.05) is 18.4 Å². The lowest BCUT2D eigenvalue weighted by Gasteiger charge is -2.55. The minimum atomic E-state index is -0.669. The van der Waals surface area contributed by atoms with E-state index in [1.54, 1.807) is 18.3 Å². The molecule has 4 fully saturated rings. The highest BCUT2D eigenvalue weighted by molar-refractivity contribution is 5.76. The molecular formula is C45H80N2O5. The first-order valence-electron chi connectivity index (χ1n) is 18.5. The van der Waals surface area contributed by atoms with Crippen molar-refractivity contribution in [2.24, 2.45) is 29.1 Å². The fraction of sp³-hybridized carbons (Fsp3) is 0.756. The Balaban J connectivity index is 0.00000520. The van der Waals surface area contributed by atoms with Crippen LogP contribution in [0.15, 0.2) is 43.0 Å². The zero-order valence-electron chi connectivity index (χ0n) is 29.9. The minimum absolute atomic E-state index is 0. The number of nitrogens with zero attached hydrogens (tertiary/aromatic N) is 2. The SMILES string of the molecule is C.C.C.C.C.CCC(CCC(CCC(C)(CCC(CC)n1ccnc1)C(=O)OC(C)(C)C)c1ccc(O)cc1)C(=O)OC12CC3CC(CC(C3)C1)C2. The van der Waals surface area contributed by atoms with E-state index in [1.807, 2.05) is 45.4 Å². The summed E-state index contributed by atoms with van der Waals surface area (Å²) < 4.78 is 14.7. The van der Waals surface area contributed by atoms with E-state index in [0.29, 0.717) is 12.8 Å². The third-order valence-corrected chi connectivity index (χ3v) is 11.7. The Bertz CT molecular complexity index is 1280. The number of hydrogen-bond donors (Lipinski definition) is 1. The van der Waals surface area contributed by atoms with Crippen molar-refractivity contribution in [3.8, 4) is 5.75 Å². The summed E-state index contributed by atoms with van der Waals surface area (Å²) >= 11 is 0. The van der Waals surface area contributed by atoms with Gasteiger partial charge in [0.15, 0.2) is 0 Å². The first-order valence-corrected chi connectivity index (χ1v) is 18.5. The van der Waals surface area contributed by atoms with E-state index in [1.165, 1.54) is 19.3 Å². The summed E-state index contributed by atoms with van der Waals surface area (Å²) in [5, 5.41) is 10.1. The van der Waals surface area contributed by atoms with E-state index < -0.39 is 11.0 Å². The van der Waals surface area contributed by atoms with E-state index in [9.17, 15) is 14.7 Å². The predicted octanol–water partition coefficient (Wildman–Crippen LogP) is 12.7. The molecule has 4 unspecified atom stereocenters. The average Bonchev–Trinajstić information content (AvgIpc) is 3.53. The molecular weight excluding hydrogens is 649 g/mol. The van der Waals surface area contributed by atoms with Gasteiger partial charge in [0.25, 0.3) is 0 Å². The molecule has 0 amide bonds. The van der Waals surface area contributed by atoms with Crippen LogP contribution in [-0.4, -0.2) is 37.8 Å². The van der Waals surface area contributed by atoms with Crippen molar-refractivity contribution in [2.75, 3.05) is 0 Å². The van der Waals surface area contributed by atoms with Crippen LogP contribution in [0.5, 0.6) is 5.75 Å². The van der Waals surface area contributed by atoms with Gasteiger partial charge in [-0.05, 0) is 159 Å². The standard InChI is InChI=1S/C40H60N2O5.5CH4/c1-7-31(36(44)46-40-24-28-21-29(25-40)23-30(22-28)26-40)9-10-33(32-11-13-35(43)14-12-32)15-17-39(6,37(45)47-38(3,4)5)18-16-34(8-2)42-20-19-41-27-42;;;;;/h11-14,19-20,27-31,33-34,43H,7-10,15-18,21-26H2,1-6H3;5*1H4. The number of phenolic OH excluding ortho intramolecular Hbond substituents is 1. The number of benzene rings is 1. The van der Waals surface area contributed by atoms with Crippen LogP contribution in [0.3, 0.4) is 0 Å². The van der Waals surface area contributed by atoms with Crippen molar-refractivity contribution in [2.45, 2.75) is 192 Å². The second-order valence-corrected chi connectivity index (χ2v) is 16.7. The summed E-state index contributed by atoms with van der Waals surface area (Å²) in [7, 11) is 0. The van der Waals surface area contributed by atoms with E-state index in [0.717, 1.165) is 81.1 Å². The van der Waals surface area contributed by atoms with Gasteiger partial charge in [0.1, 0.15) is 17.0 Å².